The van der Waals surface area contributed by atoms with Crippen LogP contribution >= 0.6 is 0 Å². The number of ether oxygens (including phenoxy) is 1. The zero-order valence-corrected chi connectivity index (χ0v) is 12.4. The van der Waals surface area contributed by atoms with Crippen LogP contribution in [0.3, 0.4) is 0 Å². The summed E-state index contributed by atoms with van der Waals surface area (Å²) in [6.45, 7) is 0. The van der Waals surface area contributed by atoms with Gasteiger partial charge in [0.25, 0.3) is 0 Å². The van der Waals surface area contributed by atoms with E-state index in [1.54, 1.807) is 36.7 Å². The van der Waals surface area contributed by atoms with Crippen LogP contribution in [-0.4, -0.2) is 30.7 Å². The summed E-state index contributed by atoms with van der Waals surface area (Å²) < 4.78 is 6.88. The molecule has 0 unspecified atom stereocenters. The Morgan fingerprint density at radius 2 is 1.92 bits per heavy atom. The third-order valence-corrected chi connectivity index (χ3v) is 3.43. The average Bonchev–Trinajstić information content (AvgIpc) is 3.16. The third-order valence-electron chi connectivity index (χ3n) is 3.43. The quantitative estimate of drug-likeness (QED) is 0.426. The Balaban J connectivity index is 1.67. The minimum absolute atomic E-state index is 0.295. The molecule has 3 heterocycles. The van der Waals surface area contributed by atoms with Gasteiger partial charge in [0.1, 0.15) is 24.0 Å². The van der Waals surface area contributed by atoms with Crippen LogP contribution in [0.4, 0.5) is 0 Å². The van der Waals surface area contributed by atoms with Crippen LogP contribution in [0.25, 0.3) is 16.7 Å². The second-order valence-corrected chi connectivity index (χ2v) is 4.96. The van der Waals surface area contributed by atoms with Crippen LogP contribution in [0.1, 0.15) is 10.4 Å². The molecule has 0 fully saturated rings. The molecule has 0 bridgehead atoms. The van der Waals surface area contributed by atoms with Crippen LogP contribution in [0.5, 0.6) is 5.75 Å². The number of aromatic nitrogens is 5. The first kappa shape index (κ1) is 14.0. The molecule has 4 rings (SSSR count). The summed E-state index contributed by atoms with van der Waals surface area (Å²) in [6.07, 6.45) is 6.11. The number of esters is 1. The number of hydrogen-bond acceptors (Lipinski definition) is 6. The molecule has 0 saturated heterocycles. The summed E-state index contributed by atoms with van der Waals surface area (Å²) in [5, 5.41) is 4.98. The molecule has 0 spiro atoms. The van der Waals surface area contributed by atoms with E-state index in [1.165, 1.54) is 17.3 Å². The van der Waals surface area contributed by atoms with E-state index in [0.717, 1.165) is 10.9 Å². The molecule has 7 heteroatoms. The van der Waals surface area contributed by atoms with Crippen molar-refractivity contribution >= 4 is 16.9 Å². The molecule has 0 aliphatic rings. The molecular weight excluding hydrogens is 306 g/mol. The van der Waals surface area contributed by atoms with Gasteiger partial charge in [-0.05, 0) is 30.3 Å². The Morgan fingerprint density at radius 1 is 1.04 bits per heavy atom. The van der Waals surface area contributed by atoms with E-state index in [-0.39, 0.29) is 0 Å². The molecule has 0 atom stereocenters. The lowest BCUT2D eigenvalue weighted by Gasteiger charge is -2.08. The van der Waals surface area contributed by atoms with E-state index in [0.29, 0.717) is 17.1 Å². The average molecular weight is 317 g/mol. The molecule has 116 valence electrons. The Morgan fingerprint density at radius 3 is 2.79 bits per heavy atom. The van der Waals surface area contributed by atoms with Crippen molar-refractivity contribution in [3.8, 4) is 11.6 Å². The smallest absolute Gasteiger partial charge is 0.347 e. The van der Waals surface area contributed by atoms with Gasteiger partial charge in [-0.15, -0.1) is 0 Å². The number of rotatable bonds is 3. The predicted molar refractivity (Wildman–Crippen MR) is 85.9 cm³/mol. The normalized spacial score (nSPS) is 10.7. The molecule has 24 heavy (non-hydrogen) atoms. The molecular formula is C17H11N5O2. The number of carbonyl (C=O) groups excluding carboxylic acids is 1. The van der Waals surface area contributed by atoms with Crippen LogP contribution in [0.15, 0.2) is 67.5 Å². The maximum atomic E-state index is 12.5. The molecule has 0 N–H and O–H groups in total. The summed E-state index contributed by atoms with van der Waals surface area (Å²) in [6, 6.07) is 12.4. The Labute approximate surface area is 136 Å². The van der Waals surface area contributed by atoms with E-state index in [4.69, 9.17) is 4.74 Å². The number of benzene rings is 1. The minimum atomic E-state index is -0.524. The van der Waals surface area contributed by atoms with Crippen LogP contribution in [0, 0.1) is 0 Å². The van der Waals surface area contributed by atoms with Gasteiger partial charge in [-0.2, -0.15) is 5.10 Å². The molecule has 0 amide bonds. The number of hydrogen-bond donors (Lipinski definition) is 0. The van der Waals surface area contributed by atoms with Crippen molar-refractivity contribution < 1.29 is 9.53 Å². The minimum Gasteiger partial charge on any atom is -0.423 e. The monoisotopic (exact) mass is 317 g/mol. The van der Waals surface area contributed by atoms with Crippen LogP contribution in [-0.2, 0) is 0 Å². The van der Waals surface area contributed by atoms with Crippen LogP contribution < -0.4 is 4.74 Å². The molecule has 0 aliphatic carbocycles. The van der Waals surface area contributed by atoms with Crippen molar-refractivity contribution in [2.24, 2.45) is 0 Å². The van der Waals surface area contributed by atoms with Crippen molar-refractivity contribution in [1.29, 1.82) is 0 Å². The molecule has 0 radical (unpaired) electrons. The van der Waals surface area contributed by atoms with Gasteiger partial charge in [-0.25, -0.2) is 19.4 Å². The molecule has 0 saturated carbocycles. The number of carbonyl (C=O) groups is 1. The molecule has 3 aromatic heterocycles. The van der Waals surface area contributed by atoms with Gasteiger partial charge in [-0.3, -0.25) is 4.98 Å². The molecule has 7 nitrogen and oxygen atoms in total. The number of fused-ring (bicyclic) bond motifs is 1. The van der Waals surface area contributed by atoms with Gasteiger partial charge in [0.05, 0.1) is 5.52 Å². The van der Waals surface area contributed by atoms with Crippen molar-refractivity contribution in [2.45, 2.75) is 0 Å². The van der Waals surface area contributed by atoms with Gasteiger partial charge < -0.3 is 4.74 Å². The van der Waals surface area contributed by atoms with Crippen molar-refractivity contribution in [3.63, 3.8) is 0 Å². The summed E-state index contributed by atoms with van der Waals surface area (Å²) in [7, 11) is 0. The Bertz CT molecular complexity index is 1010. The van der Waals surface area contributed by atoms with Gasteiger partial charge in [0.2, 0.25) is 0 Å². The lowest BCUT2D eigenvalue weighted by atomic mass is 10.2. The van der Waals surface area contributed by atoms with Crippen molar-refractivity contribution in [2.75, 3.05) is 0 Å². The lowest BCUT2D eigenvalue weighted by molar-refractivity contribution is 0.0734. The maximum Gasteiger partial charge on any atom is 0.347 e. The second kappa shape index (κ2) is 5.88. The molecule has 0 aliphatic heterocycles. The van der Waals surface area contributed by atoms with Gasteiger partial charge in [0.15, 0.2) is 5.82 Å². The first-order valence-electron chi connectivity index (χ1n) is 7.18. The SMILES string of the molecule is O=C(Oc1ccc2cccnc2c1)c1cccnc1-n1cncn1. The van der Waals surface area contributed by atoms with Gasteiger partial charge in [-0.1, -0.05) is 6.07 Å². The van der Waals surface area contributed by atoms with Crippen molar-refractivity contribution in [1.82, 2.24) is 24.7 Å². The maximum absolute atomic E-state index is 12.5. The first-order chi connectivity index (χ1) is 11.8. The van der Waals surface area contributed by atoms with Crippen LogP contribution in [0.2, 0.25) is 0 Å². The zero-order chi connectivity index (χ0) is 16.4. The highest BCUT2D eigenvalue weighted by molar-refractivity contribution is 5.94. The Kier molecular flexibility index (Phi) is 3.43. The summed E-state index contributed by atoms with van der Waals surface area (Å²) in [5.74, 6) is 0.252. The topological polar surface area (TPSA) is 82.8 Å². The lowest BCUT2D eigenvalue weighted by Crippen LogP contribution is -2.14. The number of pyridine rings is 2. The second-order valence-electron chi connectivity index (χ2n) is 4.96. The van der Waals surface area contributed by atoms with E-state index in [1.807, 2.05) is 18.2 Å². The zero-order valence-electron chi connectivity index (χ0n) is 12.4. The summed E-state index contributed by atoms with van der Waals surface area (Å²) in [5.41, 5.74) is 1.05. The summed E-state index contributed by atoms with van der Waals surface area (Å²) >= 11 is 0. The van der Waals surface area contributed by atoms with E-state index in [9.17, 15) is 4.79 Å². The highest BCUT2D eigenvalue weighted by Gasteiger charge is 2.16. The fraction of sp³-hybridized carbons (Fsp3) is 0. The summed E-state index contributed by atoms with van der Waals surface area (Å²) in [4.78, 5) is 24.8. The highest BCUT2D eigenvalue weighted by Crippen LogP contribution is 2.20. The number of nitrogens with zero attached hydrogens (tertiary/aromatic N) is 5. The fourth-order valence-electron chi connectivity index (χ4n) is 2.33. The molecule has 4 aromatic rings. The fourth-order valence-corrected chi connectivity index (χ4v) is 2.33. The largest absolute Gasteiger partial charge is 0.423 e. The third kappa shape index (κ3) is 2.58. The molecule has 1 aromatic carbocycles. The van der Waals surface area contributed by atoms with Gasteiger partial charge >= 0.3 is 5.97 Å². The van der Waals surface area contributed by atoms with E-state index < -0.39 is 5.97 Å². The van der Waals surface area contributed by atoms with Gasteiger partial charge in [0, 0.05) is 23.8 Å². The standard InChI is InChI=1S/C17H11N5O2/c23-17(14-4-2-8-20-16(14)22-11-18-10-21-22)24-13-6-5-12-3-1-7-19-15(12)9-13/h1-11H. The predicted octanol–water partition coefficient (Wildman–Crippen LogP) is 2.43. The Hall–Kier alpha value is -3.61. The van der Waals surface area contributed by atoms with E-state index in [2.05, 4.69) is 20.1 Å². The van der Waals surface area contributed by atoms with E-state index >= 15 is 0 Å². The first-order valence-corrected chi connectivity index (χ1v) is 7.18. The van der Waals surface area contributed by atoms with Crippen molar-refractivity contribution in [3.05, 3.63) is 73.1 Å². The highest BCUT2D eigenvalue weighted by atomic mass is 16.5.